The zero-order valence-electron chi connectivity index (χ0n) is 39.3. The molecular weight excluding hydrogens is 843 g/mol. The van der Waals surface area contributed by atoms with E-state index in [1.165, 1.54) is 121 Å². The van der Waals surface area contributed by atoms with Crippen molar-refractivity contribution in [1.82, 2.24) is 0 Å². The Balaban J connectivity index is 0.907. The Labute approximate surface area is 411 Å². The van der Waals surface area contributed by atoms with Gasteiger partial charge in [0.2, 0.25) is 0 Å². The smallest absolute Gasteiger partial charge is 0.0726 e. The minimum absolute atomic E-state index is 0.447. The lowest BCUT2D eigenvalue weighted by Crippen LogP contribution is -2.43. The SMILES string of the molecule is c1ccc(-c2ccccc2N(c2ccc(-c3ccc(-c4ccccc4)c4ccccc34)cc2)c2ccc3c(c2)C2(c4ccccc4-c4cc(C5C6CC7CC(C6)CC5C7)ccc42)c2ccccc2-3)cc1. The van der Waals surface area contributed by atoms with Crippen LogP contribution in [0.25, 0.3) is 66.4 Å². The van der Waals surface area contributed by atoms with Crippen molar-refractivity contribution >= 4 is 27.8 Å². The summed E-state index contributed by atoms with van der Waals surface area (Å²) in [5, 5.41) is 2.52. The maximum atomic E-state index is 2.67. The van der Waals surface area contributed by atoms with Crippen molar-refractivity contribution in [2.24, 2.45) is 23.7 Å². The van der Waals surface area contributed by atoms with Gasteiger partial charge in [0.05, 0.1) is 11.1 Å². The molecular formula is C69H53N. The zero-order chi connectivity index (χ0) is 45.9. The average Bonchev–Trinajstić information content (AvgIpc) is 3.89. The van der Waals surface area contributed by atoms with E-state index in [9.17, 15) is 0 Å². The Morgan fingerprint density at radius 1 is 0.314 bits per heavy atom. The summed E-state index contributed by atoms with van der Waals surface area (Å²) in [5.74, 6) is 4.30. The van der Waals surface area contributed by atoms with Crippen LogP contribution in [0.15, 0.2) is 231 Å². The summed E-state index contributed by atoms with van der Waals surface area (Å²) in [6.07, 6.45) is 7.23. The van der Waals surface area contributed by atoms with Crippen molar-refractivity contribution in [2.75, 3.05) is 4.90 Å². The molecule has 4 fully saturated rings. The summed E-state index contributed by atoms with van der Waals surface area (Å²) >= 11 is 0. The van der Waals surface area contributed by atoms with Gasteiger partial charge < -0.3 is 4.90 Å². The molecule has 0 heterocycles. The molecule has 10 aromatic rings. The highest BCUT2D eigenvalue weighted by atomic mass is 15.1. The first kappa shape index (κ1) is 40.2. The molecule has 0 saturated heterocycles. The van der Waals surface area contributed by atoms with Crippen molar-refractivity contribution < 1.29 is 0 Å². The standard InChI is InChI=1S/C69H53N/c1-3-15-46(16-4-1)54-34-35-55(58-21-8-7-20-57(54)58)48-27-30-52(31-28-48)70(67-26-14-11-19-56(67)47-17-5-2-6-18-47)53-32-33-61-59-22-9-12-24-63(59)69(66(61)43-53)64-25-13-10-23-60(64)62-42-49(29-36-65(62)69)68-50-38-44-37-45(40-50)41-51(68)39-44/h1-36,42-45,50-51,68H,37-41H2. The highest BCUT2D eigenvalue weighted by molar-refractivity contribution is 6.05. The van der Waals surface area contributed by atoms with Crippen LogP contribution in [0, 0.1) is 23.7 Å². The lowest BCUT2D eigenvalue weighted by atomic mass is 9.50. The molecule has 6 aliphatic rings. The number of fused-ring (bicyclic) bond motifs is 11. The second kappa shape index (κ2) is 15.6. The molecule has 1 heteroatoms. The summed E-state index contributed by atoms with van der Waals surface area (Å²) in [7, 11) is 0. The number of anilines is 3. The summed E-state index contributed by atoms with van der Waals surface area (Å²) < 4.78 is 0. The molecule has 1 atom stereocenters. The number of nitrogens with zero attached hydrogens (tertiary/aromatic N) is 1. The number of hydrogen-bond acceptors (Lipinski definition) is 1. The van der Waals surface area contributed by atoms with Crippen LogP contribution in [0.1, 0.15) is 65.8 Å². The molecule has 10 aromatic carbocycles. The lowest BCUT2D eigenvalue weighted by molar-refractivity contribution is -0.00276. The van der Waals surface area contributed by atoms with Gasteiger partial charge in [-0.3, -0.25) is 0 Å². The van der Waals surface area contributed by atoms with E-state index in [1.54, 1.807) is 5.56 Å². The molecule has 0 aliphatic heterocycles. The lowest BCUT2D eigenvalue weighted by Gasteiger charge is -2.54. The second-order valence-electron chi connectivity index (χ2n) is 21.2. The van der Waals surface area contributed by atoms with Crippen molar-refractivity contribution in [1.29, 1.82) is 0 Å². The topological polar surface area (TPSA) is 3.24 Å². The van der Waals surface area contributed by atoms with Crippen LogP contribution in [0.3, 0.4) is 0 Å². The Kier molecular flexibility index (Phi) is 8.98. The summed E-state index contributed by atoms with van der Waals surface area (Å²) in [6, 6.07) is 87.2. The van der Waals surface area contributed by atoms with Gasteiger partial charge in [-0.2, -0.15) is 0 Å². The van der Waals surface area contributed by atoms with Crippen LogP contribution in [-0.2, 0) is 5.41 Å². The molecule has 0 radical (unpaired) electrons. The summed E-state index contributed by atoms with van der Waals surface area (Å²) in [6.45, 7) is 0. The third-order valence-electron chi connectivity index (χ3n) is 17.6. The number of rotatable bonds is 7. The molecule has 1 unspecified atom stereocenters. The van der Waals surface area contributed by atoms with Crippen LogP contribution in [0.4, 0.5) is 17.1 Å². The minimum atomic E-state index is -0.447. The van der Waals surface area contributed by atoms with Crippen molar-refractivity contribution in [3.63, 3.8) is 0 Å². The van der Waals surface area contributed by atoms with Crippen molar-refractivity contribution in [3.8, 4) is 55.6 Å². The van der Waals surface area contributed by atoms with Gasteiger partial charge in [-0.25, -0.2) is 0 Å². The van der Waals surface area contributed by atoms with Crippen molar-refractivity contribution in [2.45, 2.75) is 43.4 Å². The molecule has 1 spiro atoms. The summed E-state index contributed by atoms with van der Waals surface area (Å²) in [4.78, 5) is 2.51. The summed E-state index contributed by atoms with van der Waals surface area (Å²) in [5.41, 5.74) is 23.0. The molecule has 0 amide bonds. The Bertz CT molecular complexity index is 3650. The molecule has 4 bridgehead atoms. The molecule has 334 valence electrons. The van der Waals surface area contributed by atoms with E-state index in [1.807, 2.05) is 0 Å². The monoisotopic (exact) mass is 895 g/mol. The molecule has 16 rings (SSSR count). The van der Waals surface area contributed by atoms with Gasteiger partial charge in [-0.1, -0.05) is 200 Å². The van der Waals surface area contributed by atoms with Gasteiger partial charge in [-0.15, -0.1) is 0 Å². The van der Waals surface area contributed by atoms with Gasteiger partial charge in [0.1, 0.15) is 0 Å². The number of para-hydroxylation sites is 1. The molecule has 6 aliphatic carbocycles. The second-order valence-corrected chi connectivity index (χ2v) is 21.2. The van der Waals surface area contributed by atoms with Gasteiger partial charge in [0.25, 0.3) is 0 Å². The first-order valence-electron chi connectivity index (χ1n) is 25.8. The molecule has 1 nitrogen and oxygen atoms in total. The Morgan fingerprint density at radius 2 is 0.786 bits per heavy atom. The largest absolute Gasteiger partial charge is 0.310 e. The van der Waals surface area contributed by atoms with E-state index in [2.05, 4.69) is 235 Å². The maximum absolute atomic E-state index is 2.67. The molecule has 0 aromatic heterocycles. The molecule has 0 N–H and O–H groups in total. The van der Waals surface area contributed by atoms with Crippen LogP contribution >= 0.6 is 0 Å². The van der Waals surface area contributed by atoms with Gasteiger partial charge in [-0.05, 0) is 181 Å². The van der Waals surface area contributed by atoms with Gasteiger partial charge >= 0.3 is 0 Å². The molecule has 4 saturated carbocycles. The minimum Gasteiger partial charge on any atom is -0.310 e. The van der Waals surface area contributed by atoms with Crippen LogP contribution in [0.5, 0.6) is 0 Å². The van der Waals surface area contributed by atoms with E-state index >= 15 is 0 Å². The first-order valence-corrected chi connectivity index (χ1v) is 25.8. The van der Waals surface area contributed by atoms with Gasteiger partial charge in [0.15, 0.2) is 0 Å². The fourth-order valence-corrected chi connectivity index (χ4v) is 15.1. The van der Waals surface area contributed by atoms with E-state index in [0.717, 1.165) is 40.7 Å². The van der Waals surface area contributed by atoms with Crippen LogP contribution in [-0.4, -0.2) is 0 Å². The number of benzene rings is 10. The first-order chi connectivity index (χ1) is 34.7. The van der Waals surface area contributed by atoms with Crippen LogP contribution < -0.4 is 4.90 Å². The molecule has 70 heavy (non-hydrogen) atoms. The van der Waals surface area contributed by atoms with Gasteiger partial charge in [0, 0.05) is 16.9 Å². The average molecular weight is 896 g/mol. The third kappa shape index (κ3) is 5.91. The quantitative estimate of drug-likeness (QED) is 0.154. The predicted molar refractivity (Wildman–Crippen MR) is 291 cm³/mol. The maximum Gasteiger partial charge on any atom is 0.0726 e. The van der Waals surface area contributed by atoms with Crippen molar-refractivity contribution in [3.05, 3.63) is 258 Å². The van der Waals surface area contributed by atoms with Crippen LogP contribution in [0.2, 0.25) is 0 Å². The normalized spacial score (nSPS) is 21.9. The fourth-order valence-electron chi connectivity index (χ4n) is 15.1. The predicted octanol–water partition coefficient (Wildman–Crippen LogP) is 18.2. The van der Waals surface area contributed by atoms with E-state index in [-0.39, 0.29) is 0 Å². The zero-order valence-corrected chi connectivity index (χ0v) is 39.3. The van der Waals surface area contributed by atoms with E-state index in [4.69, 9.17) is 0 Å². The number of hydrogen-bond donors (Lipinski definition) is 0. The third-order valence-corrected chi connectivity index (χ3v) is 17.6. The Morgan fingerprint density at radius 3 is 1.43 bits per heavy atom. The highest BCUT2D eigenvalue weighted by Gasteiger charge is 2.53. The fraction of sp³-hybridized carbons (Fsp3) is 0.159. The highest BCUT2D eigenvalue weighted by Crippen LogP contribution is 2.65. The van der Waals surface area contributed by atoms with E-state index < -0.39 is 5.41 Å². The Hall–Kier alpha value is -7.74. The van der Waals surface area contributed by atoms with E-state index in [0.29, 0.717) is 5.92 Å².